The van der Waals surface area contributed by atoms with Crippen molar-refractivity contribution in [3.63, 3.8) is 0 Å². The Morgan fingerprint density at radius 2 is 1.78 bits per heavy atom. The number of aromatic nitrogens is 1. The van der Waals surface area contributed by atoms with Crippen LogP contribution in [0, 0.1) is 11.3 Å². The number of hydrogen-bond donors (Lipinski definition) is 1. The predicted octanol–water partition coefficient (Wildman–Crippen LogP) is 5.00. The lowest BCUT2D eigenvalue weighted by Gasteiger charge is -2.08. The fraction of sp³-hybridized carbons (Fsp3) is 0. The lowest BCUT2D eigenvalue weighted by atomic mass is 9.99. The maximum absolute atomic E-state index is 12.3. The van der Waals surface area contributed by atoms with Crippen molar-refractivity contribution in [2.75, 3.05) is 0 Å². The monoisotopic (exact) mass is 384 g/mol. The number of pyridine rings is 1. The van der Waals surface area contributed by atoms with Crippen LogP contribution in [0.2, 0.25) is 5.02 Å². The van der Waals surface area contributed by atoms with E-state index in [0.717, 1.165) is 15.6 Å². The highest BCUT2D eigenvalue weighted by atomic mass is 79.9. The van der Waals surface area contributed by atoms with Gasteiger partial charge in [0, 0.05) is 20.8 Å². The number of halogens is 2. The van der Waals surface area contributed by atoms with Gasteiger partial charge in [0.15, 0.2) is 0 Å². The molecule has 0 aliphatic rings. The molecule has 0 fully saturated rings. The first-order valence-corrected chi connectivity index (χ1v) is 7.95. The number of H-pyrrole nitrogens is 1. The van der Waals surface area contributed by atoms with E-state index in [1.54, 1.807) is 24.3 Å². The average molecular weight is 386 g/mol. The summed E-state index contributed by atoms with van der Waals surface area (Å²) < 4.78 is 0.910. The topological polar surface area (TPSA) is 56.6 Å². The van der Waals surface area contributed by atoms with Crippen molar-refractivity contribution < 1.29 is 0 Å². The molecular weight excluding hydrogens is 376 g/mol. The molecule has 0 spiro atoms. The summed E-state index contributed by atoms with van der Waals surface area (Å²) in [5.41, 5.74) is 2.55. The van der Waals surface area contributed by atoms with Crippen LogP contribution in [0.1, 0.15) is 5.56 Å². The molecule has 2 aromatic carbocycles. The molecule has 0 saturated carbocycles. The number of aromatic amines is 1. The molecule has 3 nitrogen and oxygen atoms in total. The van der Waals surface area contributed by atoms with E-state index in [9.17, 15) is 10.1 Å². The quantitative estimate of drug-likeness (QED) is 0.675. The van der Waals surface area contributed by atoms with Gasteiger partial charge in [0.05, 0.1) is 0 Å². The van der Waals surface area contributed by atoms with Crippen LogP contribution in [-0.2, 0) is 0 Å². The van der Waals surface area contributed by atoms with Gasteiger partial charge in [0.25, 0.3) is 5.56 Å². The van der Waals surface area contributed by atoms with Crippen molar-refractivity contribution in [3.05, 3.63) is 80.0 Å². The summed E-state index contributed by atoms with van der Waals surface area (Å²) in [6, 6.07) is 18.4. The van der Waals surface area contributed by atoms with Crippen LogP contribution < -0.4 is 5.56 Å². The second kappa shape index (κ2) is 6.41. The van der Waals surface area contributed by atoms with Crippen LogP contribution in [0.3, 0.4) is 0 Å². The van der Waals surface area contributed by atoms with E-state index in [1.807, 2.05) is 36.4 Å². The van der Waals surface area contributed by atoms with Crippen molar-refractivity contribution in [1.82, 2.24) is 4.98 Å². The van der Waals surface area contributed by atoms with E-state index in [4.69, 9.17) is 11.6 Å². The third-order valence-corrected chi connectivity index (χ3v) is 4.18. The predicted molar refractivity (Wildman–Crippen MR) is 95.4 cm³/mol. The molecule has 23 heavy (non-hydrogen) atoms. The molecule has 0 bridgehead atoms. The lowest BCUT2D eigenvalue weighted by Crippen LogP contribution is -2.12. The van der Waals surface area contributed by atoms with Gasteiger partial charge in [-0.2, -0.15) is 5.26 Å². The number of nitrogens with one attached hydrogen (secondary N) is 1. The molecule has 112 valence electrons. The van der Waals surface area contributed by atoms with Crippen LogP contribution in [-0.4, -0.2) is 4.98 Å². The first-order chi connectivity index (χ1) is 11.1. The Hall–Kier alpha value is -2.35. The van der Waals surface area contributed by atoms with E-state index in [1.165, 1.54) is 0 Å². The van der Waals surface area contributed by atoms with Gasteiger partial charge in [0.1, 0.15) is 11.6 Å². The molecule has 0 radical (unpaired) electrons. The fourth-order valence-corrected chi connectivity index (χ4v) is 2.86. The Bertz CT molecular complexity index is 972. The third-order valence-electron chi connectivity index (χ3n) is 3.44. The standard InChI is InChI=1S/C18H10BrClN2O/c19-13-3-1-2-12(8-13)17-9-15(16(10-21)18(23)22-17)11-4-6-14(20)7-5-11/h1-9H,(H,22,23). The van der Waals surface area contributed by atoms with E-state index in [0.29, 0.717) is 16.3 Å². The maximum Gasteiger partial charge on any atom is 0.266 e. The zero-order chi connectivity index (χ0) is 16.4. The minimum atomic E-state index is -0.407. The van der Waals surface area contributed by atoms with Crippen molar-refractivity contribution in [2.24, 2.45) is 0 Å². The second-order valence-corrected chi connectivity index (χ2v) is 6.28. The third kappa shape index (κ3) is 3.21. The summed E-state index contributed by atoms with van der Waals surface area (Å²) in [4.78, 5) is 15.0. The number of benzene rings is 2. The van der Waals surface area contributed by atoms with Crippen molar-refractivity contribution in [3.8, 4) is 28.5 Å². The number of rotatable bonds is 2. The number of nitrogens with zero attached hydrogens (tertiary/aromatic N) is 1. The summed E-state index contributed by atoms with van der Waals surface area (Å²) in [6.45, 7) is 0. The Kier molecular flexibility index (Phi) is 4.33. The van der Waals surface area contributed by atoms with Crippen molar-refractivity contribution in [1.29, 1.82) is 5.26 Å². The average Bonchev–Trinajstić information content (AvgIpc) is 2.55. The largest absolute Gasteiger partial charge is 0.321 e. The first kappa shape index (κ1) is 15.5. The van der Waals surface area contributed by atoms with E-state index in [-0.39, 0.29) is 5.56 Å². The molecule has 0 aliphatic heterocycles. The Balaban J connectivity index is 2.24. The SMILES string of the molecule is N#Cc1c(-c2ccc(Cl)cc2)cc(-c2cccc(Br)c2)[nH]c1=O. The van der Waals surface area contributed by atoms with Gasteiger partial charge in [-0.1, -0.05) is 51.8 Å². The fourth-order valence-electron chi connectivity index (χ4n) is 2.34. The van der Waals surface area contributed by atoms with Crippen molar-refractivity contribution >= 4 is 27.5 Å². The molecule has 1 N–H and O–H groups in total. The molecule has 0 saturated heterocycles. The Morgan fingerprint density at radius 3 is 2.43 bits per heavy atom. The molecule has 0 amide bonds. The molecule has 3 rings (SSSR count). The minimum absolute atomic E-state index is 0.0890. The maximum atomic E-state index is 12.3. The molecule has 1 heterocycles. The summed E-state index contributed by atoms with van der Waals surface area (Å²) in [5.74, 6) is 0. The van der Waals surface area contributed by atoms with Crippen LogP contribution in [0.25, 0.3) is 22.4 Å². The number of hydrogen-bond acceptors (Lipinski definition) is 2. The van der Waals surface area contributed by atoms with Crippen LogP contribution in [0.15, 0.2) is 63.9 Å². The highest BCUT2D eigenvalue weighted by Crippen LogP contribution is 2.28. The summed E-state index contributed by atoms with van der Waals surface area (Å²) >= 11 is 9.33. The molecule has 0 aliphatic carbocycles. The van der Waals surface area contributed by atoms with Crippen LogP contribution >= 0.6 is 27.5 Å². The molecule has 3 aromatic rings. The smallest absolute Gasteiger partial charge is 0.266 e. The summed E-state index contributed by atoms with van der Waals surface area (Å²) in [7, 11) is 0. The van der Waals surface area contributed by atoms with Gasteiger partial charge in [0.2, 0.25) is 0 Å². The van der Waals surface area contributed by atoms with Gasteiger partial charge < -0.3 is 4.98 Å². The van der Waals surface area contributed by atoms with Gasteiger partial charge >= 0.3 is 0 Å². The van der Waals surface area contributed by atoms with E-state index < -0.39 is 5.56 Å². The Labute approximate surface area is 146 Å². The van der Waals surface area contributed by atoms with E-state index >= 15 is 0 Å². The lowest BCUT2D eigenvalue weighted by molar-refractivity contribution is 1.22. The summed E-state index contributed by atoms with van der Waals surface area (Å²) in [6.07, 6.45) is 0. The summed E-state index contributed by atoms with van der Waals surface area (Å²) in [5, 5.41) is 9.92. The van der Waals surface area contributed by atoms with Gasteiger partial charge in [-0.05, 0) is 41.5 Å². The van der Waals surface area contributed by atoms with Crippen LogP contribution in [0.4, 0.5) is 0 Å². The second-order valence-electron chi connectivity index (χ2n) is 4.93. The highest BCUT2D eigenvalue weighted by molar-refractivity contribution is 9.10. The number of nitriles is 1. The zero-order valence-corrected chi connectivity index (χ0v) is 14.1. The molecule has 1 aromatic heterocycles. The zero-order valence-electron chi connectivity index (χ0n) is 11.8. The van der Waals surface area contributed by atoms with Gasteiger partial charge in [-0.15, -0.1) is 0 Å². The van der Waals surface area contributed by atoms with Gasteiger partial charge in [-0.3, -0.25) is 4.79 Å². The van der Waals surface area contributed by atoms with E-state index in [2.05, 4.69) is 20.9 Å². The van der Waals surface area contributed by atoms with Crippen LogP contribution in [0.5, 0.6) is 0 Å². The molecular formula is C18H10BrClN2O. The van der Waals surface area contributed by atoms with Gasteiger partial charge in [-0.25, -0.2) is 0 Å². The molecule has 0 unspecified atom stereocenters. The minimum Gasteiger partial charge on any atom is -0.321 e. The molecule has 0 atom stereocenters. The first-order valence-electron chi connectivity index (χ1n) is 6.78. The highest BCUT2D eigenvalue weighted by Gasteiger charge is 2.12. The molecule has 5 heteroatoms. The Morgan fingerprint density at radius 1 is 1.04 bits per heavy atom. The normalized spacial score (nSPS) is 10.3. The van der Waals surface area contributed by atoms with Crippen molar-refractivity contribution in [2.45, 2.75) is 0 Å².